The van der Waals surface area contributed by atoms with Crippen LogP contribution in [0.3, 0.4) is 0 Å². The topological polar surface area (TPSA) is 64.4 Å². The zero-order valence-electron chi connectivity index (χ0n) is 18.1. The zero-order chi connectivity index (χ0) is 24.4. The molecule has 5 nitrogen and oxygen atoms in total. The van der Waals surface area contributed by atoms with Gasteiger partial charge in [0.1, 0.15) is 17.9 Å². The van der Waals surface area contributed by atoms with Gasteiger partial charge in [-0.2, -0.15) is 0 Å². The highest BCUT2D eigenvalue weighted by Gasteiger charge is 2.16. The first-order valence-electron chi connectivity index (χ1n) is 10.6. The highest BCUT2D eigenvalue weighted by Crippen LogP contribution is 2.32. The van der Waals surface area contributed by atoms with Crippen molar-refractivity contribution in [2.75, 3.05) is 5.32 Å². The lowest BCUT2D eigenvalue weighted by atomic mass is 10.1. The predicted molar refractivity (Wildman–Crippen MR) is 130 cm³/mol. The molecule has 0 aliphatic heterocycles. The Labute approximate surface area is 203 Å². The van der Waals surface area contributed by atoms with Crippen molar-refractivity contribution in [2.24, 2.45) is 0 Å². The van der Waals surface area contributed by atoms with Crippen LogP contribution in [0.5, 0.6) is 5.75 Å². The Morgan fingerprint density at radius 2 is 1.74 bits per heavy atom. The minimum atomic E-state index is -1.06. The number of para-hydroxylation sites is 1. The fraction of sp³-hybridized carbons (Fsp3) is 0.0370. The van der Waals surface area contributed by atoms with Gasteiger partial charge in [0.2, 0.25) is 5.89 Å². The molecule has 35 heavy (non-hydrogen) atoms. The van der Waals surface area contributed by atoms with Crippen molar-refractivity contribution in [1.82, 2.24) is 4.98 Å². The summed E-state index contributed by atoms with van der Waals surface area (Å²) in [7, 11) is 0. The maximum atomic E-state index is 13.7. The molecule has 0 saturated carbocycles. The Kier molecular flexibility index (Phi) is 6.16. The van der Waals surface area contributed by atoms with Gasteiger partial charge in [0.25, 0.3) is 5.91 Å². The molecule has 8 heteroatoms. The molecule has 0 aliphatic rings. The van der Waals surface area contributed by atoms with E-state index in [4.69, 9.17) is 20.8 Å². The fourth-order valence-electron chi connectivity index (χ4n) is 3.50. The molecule has 1 heterocycles. The second-order valence-corrected chi connectivity index (χ2v) is 8.11. The molecule has 1 aromatic heterocycles. The molecular formula is C27H17ClF2N2O3. The molecule has 0 unspecified atom stereocenters. The summed E-state index contributed by atoms with van der Waals surface area (Å²) in [6.07, 6.45) is 0. The third-order valence-corrected chi connectivity index (χ3v) is 5.54. The summed E-state index contributed by atoms with van der Waals surface area (Å²) >= 11 is 6.03. The van der Waals surface area contributed by atoms with Crippen LogP contribution in [0.1, 0.15) is 15.9 Å². The zero-order valence-corrected chi connectivity index (χ0v) is 18.9. The monoisotopic (exact) mass is 490 g/mol. The highest BCUT2D eigenvalue weighted by molar-refractivity contribution is 6.33. The van der Waals surface area contributed by atoms with Crippen molar-refractivity contribution >= 4 is 34.3 Å². The Bertz CT molecular complexity index is 1540. The van der Waals surface area contributed by atoms with E-state index in [2.05, 4.69) is 10.3 Å². The number of fused-ring (bicyclic) bond motifs is 1. The minimum absolute atomic E-state index is 0.0277. The van der Waals surface area contributed by atoms with Crippen molar-refractivity contribution in [2.45, 2.75) is 6.61 Å². The number of hydrogen-bond donors (Lipinski definition) is 1. The van der Waals surface area contributed by atoms with Crippen LogP contribution < -0.4 is 10.1 Å². The van der Waals surface area contributed by atoms with E-state index in [9.17, 15) is 13.6 Å². The number of carbonyl (C=O) groups excluding carboxylic acids is 1. The maximum absolute atomic E-state index is 13.7. The smallest absolute Gasteiger partial charge is 0.255 e. The van der Waals surface area contributed by atoms with Crippen LogP contribution >= 0.6 is 11.6 Å². The van der Waals surface area contributed by atoms with E-state index < -0.39 is 11.6 Å². The average molecular weight is 491 g/mol. The highest BCUT2D eigenvalue weighted by atomic mass is 35.5. The second-order valence-electron chi connectivity index (χ2n) is 7.70. The first-order chi connectivity index (χ1) is 17.0. The Balaban J connectivity index is 1.32. The number of carbonyl (C=O) groups is 1. The number of nitrogens with zero attached hydrogens (tertiary/aromatic N) is 1. The molecule has 0 saturated heterocycles. The van der Waals surface area contributed by atoms with E-state index >= 15 is 0 Å². The summed E-state index contributed by atoms with van der Waals surface area (Å²) in [6.45, 7) is 0.325. The maximum Gasteiger partial charge on any atom is 0.255 e. The number of nitrogens with one attached hydrogen (secondary N) is 1. The molecule has 0 fully saturated rings. The second kappa shape index (κ2) is 9.56. The van der Waals surface area contributed by atoms with Gasteiger partial charge in [0.15, 0.2) is 17.2 Å². The van der Waals surface area contributed by atoms with E-state index in [1.165, 1.54) is 0 Å². The standard InChI is InChI=1S/C27H17ClF2N2O3/c28-21-14-23(30)22(29)13-20(21)27-32-24-12-18(9-10-25(24)35-27)31-26(33)17-6-4-5-16(11-17)15-34-19-7-2-1-3-8-19/h1-14H,15H2,(H,31,33). The van der Waals surface area contributed by atoms with E-state index in [0.717, 1.165) is 23.4 Å². The van der Waals surface area contributed by atoms with Crippen molar-refractivity contribution in [3.05, 3.63) is 113 Å². The van der Waals surface area contributed by atoms with Crippen LogP contribution in [0.15, 0.2) is 89.3 Å². The Hall–Kier alpha value is -4.23. The van der Waals surface area contributed by atoms with E-state index in [-0.39, 0.29) is 22.4 Å². The lowest BCUT2D eigenvalue weighted by Crippen LogP contribution is -2.12. The molecule has 0 atom stereocenters. The molecule has 174 valence electrons. The van der Waals surface area contributed by atoms with Gasteiger partial charge in [0, 0.05) is 11.3 Å². The molecule has 0 bridgehead atoms. The van der Waals surface area contributed by atoms with E-state index in [1.54, 1.807) is 36.4 Å². The van der Waals surface area contributed by atoms with E-state index in [1.807, 2.05) is 36.4 Å². The molecule has 0 radical (unpaired) electrons. The average Bonchev–Trinajstić information content (AvgIpc) is 3.29. The number of ether oxygens (including phenoxy) is 1. The molecule has 0 aliphatic carbocycles. The number of oxazole rings is 1. The molecule has 5 rings (SSSR count). The van der Waals surface area contributed by atoms with Gasteiger partial charge in [-0.05, 0) is 60.2 Å². The Morgan fingerprint density at radius 1 is 0.943 bits per heavy atom. The van der Waals surface area contributed by atoms with Gasteiger partial charge < -0.3 is 14.5 Å². The summed E-state index contributed by atoms with van der Waals surface area (Å²) in [6, 6.07) is 23.3. The fourth-order valence-corrected chi connectivity index (χ4v) is 3.73. The summed E-state index contributed by atoms with van der Waals surface area (Å²) in [5.41, 5.74) is 2.75. The third-order valence-electron chi connectivity index (χ3n) is 5.22. The number of rotatable bonds is 6. The largest absolute Gasteiger partial charge is 0.489 e. The third kappa shape index (κ3) is 5.00. The van der Waals surface area contributed by atoms with Crippen LogP contribution in [-0.4, -0.2) is 10.9 Å². The van der Waals surface area contributed by atoms with Crippen molar-refractivity contribution in [1.29, 1.82) is 0 Å². The van der Waals surface area contributed by atoms with Crippen molar-refractivity contribution in [3.8, 4) is 17.2 Å². The van der Waals surface area contributed by atoms with Gasteiger partial charge in [-0.3, -0.25) is 4.79 Å². The normalized spacial score (nSPS) is 10.9. The van der Waals surface area contributed by atoms with Gasteiger partial charge in [0.05, 0.1) is 10.6 Å². The summed E-state index contributed by atoms with van der Waals surface area (Å²) in [4.78, 5) is 17.1. The van der Waals surface area contributed by atoms with Crippen molar-refractivity contribution < 1.29 is 22.7 Å². The molecule has 1 amide bonds. The summed E-state index contributed by atoms with van der Waals surface area (Å²) in [5.74, 6) is -1.64. The molecule has 1 N–H and O–H groups in total. The van der Waals surface area contributed by atoms with Crippen LogP contribution in [-0.2, 0) is 6.61 Å². The lowest BCUT2D eigenvalue weighted by Gasteiger charge is -2.09. The van der Waals surface area contributed by atoms with E-state index in [0.29, 0.717) is 29.0 Å². The van der Waals surface area contributed by atoms with Crippen LogP contribution in [0.25, 0.3) is 22.6 Å². The van der Waals surface area contributed by atoms with Crippen molar-refractivity contribution in [3.63, 3.8) is 0 Å². The molecule has 4 aromatic carbocycles. The first-order valence-corrected chi connectivity index (χ1v) is 11.0. The van der Waals surface area contributed by atoms with Gasteiger partial charge in [-0.25, -0.2) is 13.8 Å². The predicted octanol–water partition coefficient (Wildman–Crippen LogP) is 7.26. The van der Waals surface area contributed by atoms with Gasteiger partial charge in [-0.15, -0.1) is 0 Å². The molecule has 5 aromatic rings. The SMILES string of the molecule is O=C(Nc1ccc2oc(-c3cc(F)c(F)cc3Cl)nc2c1)c1cccc(COc2ccccc2)c1. The quantitative estimate of drug-likeness (QED) is 0.254. The number of hydrogen-bond acceptors (Lipinski definition) is 4. The van der Waals surface area contributed by atoms with Crippen LogP contribution in [0, 0.1) is 11.6 Å². The number of aromatic nitrogens is 1. The molecular weight excluding hydrogens is 474 g/mol. The Morgan fingerprint density at radius 3 is 2.57 bits per heavy atom. The van der Waals surface area contributed by atoms with Crippen LogP contribution in [0.4, 0.5) is 14.5 Å². The lowest BCUT2D eigenvalue weighted by molar-refractivity contribution is 0.102. The van der Waals surface area contributed by atoms with Crippen LogP contribution in [0.2, 0.25) is 5.02 Å². The number of anilines is 1. The number of benzene rings is 4. The van der Waals surface area contributed by atoms with Gasteiger partial charge in [-0.1, -0.05) is 41.9 Å². The van der Waals surface area contributed by atoms with Gasteiger partial charge >= 0.3 is 0 Å². The number of halogens is 3. The summed E-state index contributed by atoms with van der Waals surface area (Å²) < 4.78 is 38.4. The molecule has 0 spiro atoms. The minimum Gasteiger partial charge on any atom is -0.489 e. The number of amides is 1. The summed E-state index contributed by atoms with van der Waals surface area (Å²) in [5, 5.41) is 2.80. The first kappa shape index (κ1) is 22.6.